The fourth-order valence-electron chi connectivity index (χ4n) is 0.931. The summed E-state index contributed by atoms with van der Waals surface area (Å²) in [6, 6.07) is 0. The van der Waals surface area contributed by atoms with Gasteiger partial charge in [0.05, 0.1) is 5.75 Å². The van der Waals surface area contributed by atoms with Crippen LogP contribution in [0.1, 0.15) is 6.92 Å². The van der Waals surface area contributed by atoms with E-state index >= 15 is 0 Å². The molecule has 1 aliphatic rings. The van der Waals surface area contributed by atoms with Crippen molar-refractivity contribution >= 4 is 40.1 Å². The summed E-state index contributed by atoms with van der Waals surface area (Å²) in [5.41, 5.74) is 0. The predicted molar refractivity (Wildman–Crippen MR) is 55.5 cm³/mol. The molecule has 1 saturated heterocycles. The highest BCUT2D eigenvalue weighted by Crippen LogP contribution is 2.18. The van der Waals surface area contributed by atoms with E-state index in [1.54, 1.807) is 0 Å². The Morgan fingerprint density at radius 2 is 2.46 bits per heavy atom. The first-order valence-electron chi connectivity index (χ1n) is 3.89. The molecule has 0 aliphatic carbocycles. The number of rotatable bonds is 3. The Morgan fingerprint density at radius 1 is 1.77 bits per heavy atom. The van der Waals surface area contributed by atoms with Gasteiger partial charge in [-0.25, -0.2) is 0 Å². The van der Waals surface area contributed by atoms with Gasteiger partial charge in [0.1, 0.15) is 10.9 Å². The Balaban J connectivity index is 2.48. The van der Waals surface area contributed by atoms with Gasteiger partial charge < -0.3 is 5.32 Å². The van der Waals surface area contributed by atoms with Gasteiger partial charge in [-0.3, -0.25) is 14.5 Å². The van der Waals surface area contributed by atoms with E-state index in [0.717, 1.165) is 0 Å². The molecular formula is C7H10N2O2S2. The van der Waals surface area contributed by atoms with E-state index in [0.29, 0.717) is 16.6 Å². The maximum atomic E-state index is 11.2. The lowest BCUT2D eigenvalue weighted by atomic mass is 10.5. The zero-order chi connectivity index (χ0) is 9.84. The second-order valence-corrected chi connectivity index (χ2v) is 4.10. The van der Waals surface area contributed by atoms with Crippen molar-refractivity contribution in [2.24, 2.45) is 0 Å². The lowest BCUT2D eigenvalue weighted by Crippen LogP contribution is -2.39. The number of carbonyl (C=O) groups excluding carboxylic acids is 2. The molecule has 2 amide bonds. The molecule has 0 atom stereocenters. The molecule has 4 nitrogen and oxygen atoms in total. The van der Waals surface area contributed by atoms with Gasteiger partial charge in [0.2, 0.25) is 11.8 Å². The third-order valence-corrected chi connectivity index (χ3v) is 2.95. The SMILES string of the molecule is CCNC(=O)CN1C(=O)CSC1=S. The highest BCUT2D eigenvalue weighted by atomic mass is 32.2. The molecule has 0 radical (unpaired) electrons. The Labute approximate surface area is 86.0 Å². The molecule has 0 unspecified atom stereocenters. The van der Waals surface area contributed by atoms with Gasteiger partial charge in [-0.1, -0.05) is 24.0 Å². The Kier molecular flexibility index (Phi) is 3.68. The van der Waals surface area contributed by atoms with Crippen molar-refractivity contribution in [3.63, 3.8) is 0 Å². The second-order valence-electron chi connectivity index (χ2n) is 2.49. The molecule has 1 heterocycles. The third kappa shape index (κ3) is 2.67. The number of nitrogens with one attached hydrogen (secondary N) is 1. The maximum Gasteiger partial charge on any atom is 0.240 e. The van der Waals surface area contributed by atoms with Crippen LogP contribution in [0.4, 0.5) is 0 Å². The fourth-order valence-corrected chi connectivity index (χ4v) is 2.00. The molecule has 0 spiro atoms. The Morgan fingerprint density at radius 3 is 2.92 bits per heavy atom. The van der Waals surface area contributed by atoms with Crippen LogP contribution in [0.25, 0.3) is 0 Å². The summed E-state index contributed by atoms with van der Waals surface area (Å²) in [5.74, 6) is 0.111. The first kappa shape index (κ1) is 10.5. The monoisotopic (exact) mass is 218 g/mol. The number of likely N-dealkylation sites (N-methyl/N-ethyl adjacent to an activating group) is 1. The van der Waals surface area contributed by atoms with Crippen molar-refractivity contribution < 1.29 is 9.59 Å². The molecule has 13 heavy (non-hydrogen) atoms. The van der Waals surface area contributed by atoms with Gasteiger partial charge in [0.25, 0.3) is 0 Å². The van der Waals surface area contributed by atoms with Crippen LogP contribution in [-0.4, -0.2) is 39.9 Å². The third-order valence-electron chi connectivity index (χ3n) is 1.52. The van der Waals surface area contributed by atoms with Crippen LogP contribution in [0.2, 0.25) is 0 Å². The van der Waals surface area contributed by atoms with Crippen LogP contribution in [0.3, 0.4) is 0 Å². The smallest absolute Gasteiger partial charge is 0.240 e. The number of thiocarbonyl (C=S) groups is 1. The zero-order valence-corrected chi connectivity index (χ0v) is 8.83. The van der Waals surface area contributed by atoms with Crippen LogP contribution in [-0.2, 0) is 9.59 Å². The fraction of sp³-hybridized carbons (Fsp3) is 0.571. The van der Waals surface area contributed by atoms with Gasteiger partial charge in [-0.05, 0) is 6.92 Å². The van der Waals surface area contributed by atoms with Crippen LogP contribution in [0, 0.1) is 0 Å². The molecule has 0 aromatic rings. The summed E-state index contributed by atoms with van der Waals surface area (Å²) in [5, 5.41) is 2.61. The highest BCUT2D eigenvalue weighted by molar-refractivity contribution is 8.23. The number of hydrogen-bond donors (Lipinski definition) is 1. The number of thioether (sulfide) groups is 1. The van der Waals surface area contributed by atoms with Crippen LogP contribution in [0.15, 0.2) is 0 Å². The molecule has 1 aliphatic heterocycles. The minimum atomic E-state index is -0.166. The van der Waals surface area contributed by atoms with E-state index in [9.17, 15) is 9.59 Å². The summed E-state index contributed by atoms with van der Waals surface area (Å²) in [4.78, 5) is 23.6. The predicted octanol–water partition coefficient (Wildman–Crippen LogP) is -0.0172. The van der Waals surface area contributed by atoms with Crippen molar-refractivity contribution in [1.82, 2.24) is 10.2 Å². The molecule has 1 N–H and O–H groups in total. The molecule has 0 aromatic heterocycles. The molecule has 6 heteroatoms. The molecule has 0 saturated carbocycles. The van der Waals surface area contributed by atoms with Gasteiger partial charge in [0.15, 0.2) is 0 Å². The van der Waals surface area contributed by atoms with Crippen LogP contribution >= 0.6 is 24.0 Å². The molecule has 0 aromatic carbocycles. The van der Waals surface area contributed by atoms with Gasteiger partial charge >= 0.3 is 0 Å². The van der Waals surface area contributed by atoms with Crippen molar-refractivity contribution in [2.45, 2.75) is 6.92 Å². The largest absolute Gasteiger partial charge is 0.355 e. The molecular weight excluding hydrogens is 208 g/mol. The number of amides is 2. The zero-order valence-electron chi connectivity index (χ0n) is 7.20. The maximum absolute atomic E-state index is 11.2. The normalized spacial score (nSPS) is 16.5. The van der Waals surface area contributed by atoms with Crippen molar-refractivity contribution in [1.29, 1.82) is 0 Å². The lowest BCUT2D eigenvalue weighted by Gasteiger charge is -2.13. The molecule has 72 valence electrons. The topological polar surface area (TPSA) is 49.4 Å². The standard InChI is InChI=1S/C7H10N2O2S2/c1-2-8-5(10)3-9-6(11)4-13-7(9)12/h2-4H2,1H3,(H,8,10). The first-order chi connectivity index (χ1) is 6.15. The summed E-state index contributed by atoms with van der Waals surface area (Å²) < 4.78 is 0.497. The van der Waals surface area contributed by atoms with Crippen LogP contribution < -0.4 is 5.32 Å². The molecule has 0 bridgehead atoms. The number of nitrogens with zero attached hydrogens (tertiary/aromatic N) is 1. The van der Waals surface area contributed by atoms with E-state index in [4.69, 9.17) is 12.2 Å². The van der Waals surface area contributed by atoms with E-state index in [1.807, 2.05) is 6.92 Å². The average Bonchev–Trinajstić information content (AvgIpc) is 2.36. The second kappa shape index (κ2) is 4.57. The molecule has 1 rings (SSSR count). The first-order valence-corrected chi connectivity index (χ1v) is 5.28. The van der Waals surface area contributed by atoms with Gasteiger partial charge in [-0.15, -0.1) is 0 Å². The quantitative estimate of drug-likeness (QED) is 0.677. The van der Waals surface area contributed by atoms with E-state index in [1.165, 1.54) is 16.7 Å². The minimum absolute atomic E-state index is 0.0541. The van der Waals surface area contributed by atoms with Gasteiger partial charge in [0, 0.05) is 6.54 Å². The summed E-state index contributed by atoms with van der Waals surface area (Å²) in [7, 11) is 0. The van der Waals surface area contributed by atoms with E-state index in [-0.39, 0.29) is 18.4 Å². The summed E-state index contributed by atoms with van der Waals surface area (Å²) in [6.45, 7) is 2.45. The Bertz CT molecular complexity index is 239. The number of hydrogen-bond acceptors (Lipinski definition) is 4. The van der Waals surface area contributed by atoms with Gasteiger partial charge in [-0.2, -0.15) is 0 Å². The van der Waals surface area contributed by atoms with E-state index in [2.05, 4.69) is 5.32 Å². The van der Waals surface area contributed by atoms with Crippen molar-refractivity contribution in [2.75, 3.05) is 18.8 Å². The van der Waals surface area contributed by atoms with Crippen molar-refractivity contribution in [3.8, 4) is 0 Å². The highest BCUT2D eigenvalue weighted by Gasteiger charge is 2.27. The van der Waals surface area contributed by atoms with Crippen molar-refractivity contribution in [3.05, 3.63) is 0 Å². The minimum Gasteiger partial charge on any atom is -0.355 e. The summed E-state index contributed by atoms with van der Waals surface area (Å²) in [6.07, 6.45) is 0. The lowest BCUT2D eigenvalue weighted by molar-refractivity contribution is -0.129. The average molecular weight is 218 g/mol. The van der Waals surface area contributed by atoms with E-state index < -0.39 is 0 Å². The number of carbonyl (C=O) groups is 2. The molecule has 1 fully saturated rings. The Hall–Kier alpha value is -0.620. The summed E-state index contributed by atoms with van der Waals surface area (Å²) >= 11 is 6.21. The van der Waals surface area contributed by atoms with Crippen LogP contribution in [0.5, 0.6) is 0 Å².